The zero-order chi connectivity index (χ0) is 20.0. The summed E-state index contributed by atoms with van der Waals surface area (Å²) in [4.78, 5) is 12.0. The van der Waals surface area contributed by atoms with E-state index in [2.05, 4.69) is 15.5 Å². The summed E-state index contributed by atoms with van der Waals surface area (Å²) in [5.74, 6) is -0.830. The molecule has 0 aliphatic carbocycles. The van der Waals surface area contributed by atoms with Crippen LogP contribution in [0.1, 0.15) is 18.4 Å². The number of benzene rings is 2. The number of hydrogen-bond acceptors (Lipinski definition) is 6. The first kappa shape index (κ1) is 19.7. The number of amides is 1. The van der Waals surface area contributed by atoms with Crippen LogP contribution in [0.4, 0.5) is 10.4 Å². The normalized spacial score (nSPS) is 11.3. The molecular formula is C19H18FN3O4S. The number of nitrogens with zero attached hydrogens (tertiary/aromatic N) is 2. The Hall–Kier alpha value is -3.07. The molecule has 0 fully saturated rings. The average Bonchev–Trinajstić information content (AvgIpc) is 3.11. The van der Waals surface area contributed by atoms with Crippen molar-refractivity contribution in [3.8, 4) is 11.5 Å². The van der Waals surface area contributed by atoms with Gasteiger partial charge in [-0.3, -0.25) is 10.1 Å². The van der Waals surface area contributed by atoms with Gasteiger partial charge >= 0.3 is 6.01 Å². The van der Waals surface area contributed by atoms with Gasteiger partial charge in [0.25, 0.3) is 0 Å². The molecule has 0 aliphatic rings. The van der Waals surface area contributed by atoms with Crippen molar-refractivity contribution < 1.29 is 22.0 Å². The van der Waals surface area contributed by atoms with E-state index in [9.17, 15) is 17.6 Å². The fourth-order valence-corrected chi connectivity index (χ4v) is 3.95. The van der Waals surface area contributed by atoms with Crippen molar-refractivity contribution in [1.82, 2.24) is 10.2 Å². The predicted octanol–water partition coefficient (Wildman–Crippen LogP) is 3.21. The van der Waals surface area contributed by atoms with Gasteiger partial charge in [0.1, 0.15) is 5.82 Å². The quantitative estimate of drug-likeness (QED) is 0.620. The minimum absolute atomic E-state index is 0.00226. The average molecular weight is 403 g/mol. The number of aromatic nitrogens is 2. The van der Waals surface area contributed by atoms with Crippen molar-refractivity contribution in [1.29, 1.82) is 0 Å². The molecule has 2 aromatic carbocycles. The Morgan fingerprint density at radius 2 is 1.75 bits per heavy atom. The summed E-state index contributed by atoms with van der Waals surface area (Å²) in [6, 6.07) is 14.2. The molecular weight excluding hydrogens is 385 g/mol. The van der Waals surface area contributed by atoms with Crippen molar-refractivity contribution in [3.63, 3.8) is 0 Å². The van der Waals surface area contributed by atoms with Gasteiger partial charge in [0.05, 0.1) is 11.5 Å². The van der Waals surface area contributed by atoms with E-state index in [1.807, 2.05) is 6.07 Å². The molecule has 3 aromatic rings. The molecule has 1 heterocycles. The van der Waals surface area contributed by atoms with Crippen LogP contribution in [0.15, 0.2) is 59.0 Å². The van der Waals surface area contributed by atoms with Crippen LogP contribution >= 0.6 is 0 Å². The Kier molecular flexibility index (Phi) is 6.15. The number of rotatable bonds is 8. The highest BCUT2D eigenvalue weighted by atomic mass is 32.2. The highest BCUT2D eigenvalue weighted by Crippen LogP contribution is 2.20. The molecule has 1 N–H and O–H groups in total. The summed E-state index contributed by atoms with van der Waals surface area (Å²) in [7, 11) is -3.30. The van der Waals surface area contributed by atoms with Gasteiger partial charge in [0.2, 0.25) is 11.8 Å². The van der Waals surface area contributed by atoms with E-state index in [1.54, 1.807) is 24.3 Å². The Morgan fingerprint density at radius 1 is 1.04 bits per heavy atom. The molecule has 9 heteroatoms. The van der Waals surface area contributed by atoms with E-state index in [4.69, 9.17) is 4.42 Å². The first-order valence-electron chi connectivity index (χ1n) is 8.55. The third-order valence-corrected chi connectivity index (χ3v) is 5.53. The van der Waals surface area contributed by atoms with Crippen molar-refractivity contribution >= 4 is 21.8 Å². The van der Waals surface area contributed by atoms with Gasteiger partial charge in [-0.1, -0.05) is 35.4 Å². The van der Waals surface area contributed by atoms with Gasteiger partial charge in [-0.2, -0.15) is 0 Å². The van der Waals surface area contributed by atoms with Crippen LogP contribution < -0.4 is 5.32 Å². The van der Waals surface area contributed by atoms with Crippen molar-refractivity contribution in [2.24, 2.45) is 0 Å². The van der Waals surface area contributed by atoms with Gasteiger partial charge < -0.3 is 4.42 Å². The Morgan fingerprint density at radius 3 is 2.46 bits per heavy atom. The van der Waals surface area contributed by atoms with Gasteiger partial charge in [-0.25, -0.2) is 12.8 Å². The lowest BCUT2D eigenvalue weighted by Crippen LogP contribution is -2.15. The van der Waals surface area contributed by atoms with Crippen LogP contribution in [-0.2, 0) is 20.4 Å². The zero-order valence-electron chi connectivity index (χ0n) is 14.8. The fourth-order valence-electron chi connectivity index (χ4n) is 2.52. The summed E-state index contributed by atoms with van der Waals surface area (Å²) >= 11 is 0. The molecule has 0 saturated carbocycles. The van der Waals surface area contributed by atoms with Gasteiger partial charge in [-0.15, -0.1) is 5.10 Å². The number of hydrogen-bond donors (Lipinski definition) is 1. The van der Waals surface area contributed by atoms with Gasteiger partial charge in [-0.05, 0) is 36.2 Å². The summed E-state index contributed by atoms with van der Waals surface area (Å²) in [5, 5.41) is 9.92. The summed E-state index contributed by atoms with van der Waals surface area (Å²) in [6.45, 7) is 0. The lowest BCUT2D eigenvalue weighted by Gasteiger charge is -2.04. The number of carbonyl (C=O) groups is 1. The van der Waals surface area contributed by atoms with Crippen LogP contribution in [0, 0.1) is 5.82 Å². The summed E-state index contributed by atoms with van der Waals surface area (Å²) in [5.41, 5.74) is 1.23. The molecule has 0 unspecified atom stereocenters. The smallest absolute Gasteiger partial charge is 0.322 e. The van der Waals surface area contributed by atoms with Crippen molar-refractivity contribution in [3.05, 3.63) is 66.0 Å². The molecule has 146 valence electrons. The Balaban J connectivity index is 1.47. The second-order valence-corrected chi connectivity index (χ2v) is 8.33. The van der Waals surface area contributed by atoms with Crippen LogP contribution in [0.2, 0.25) is 0 Å². The fraction of sp³-hybridized carbons (Fsp3) is 0.211. The van der Waals surface area contributed by atoms with E-state index < -0.39 is 15.7 Å². The third-order valence-electron chi connectivity index (χ3n) is 3.85. The van der Waals surface area contributed by atoms with E-state index in [1.165, 1.54) is 24.3 Å². The van der Waals surface area contributed by atoms with Gasteiger partial charge in [0.15, 0.2) is 9.84 Å². The summed E-state index contributed by atoms with van der Waals surface area (Å²) in [6.07, 6.45) is 0.183. The lowest BCUT2D eigenvalue weighted by molar-refractivity contribution is -0.116. The SMILES string of the molecule is O=C(CCCS(=O)(=O)Cc1ccccc1)Nc1nnc(-c2ccc(F)cc2)o1. The maximum atomic E-state index is 12.9. The van der Waals surface area contributed by atoms with E-state index in [0.29, 0.717) is 11.1 Å². The van der Waals surface area contributed by atoms with Crippen LogP contribution in [-0.4, -0.2) is 30.3 Å². The molecule has 0 aliphatic heterocycles. The summed E-state index contributed by atoms with van der Waals surface area (Å²) < 4.78 is 42.5. The zero-order valence-corrected chi connectivity index (χ0v) is 15.7. The van der Waals surface area contributed by atoms with Crippen LogP contribution in [0.3, 0.4) is 0 Å². The molecule has 7 nitrogen and oxygen atoms in total. The monoisotopic (exact) mass is 403 g/mol. The first-order chi connectivity index (χ1) is 13.4. The maximum Gasteiger partial charge on any atom is 0.322 e. The van der Waals surface area contributed by atoms with Gasteiger partial charge in [0, 0.05) is 12.0 Å². The largest absolute Gasteiger partial charge is 0.403 e. The van der Waals surface area contributed by atoms with Crippen LogP contribution in [0.5, 0.6) is 0 Å². The molecule has 1 amide bonds. The molecule has 3 rings (SSSR count). The number of anilines is 1. The van der Waals surface area contributed by atoms with Crippen molar-refractivity contribution in [2.45, 2.75) is 18.6 Å². The maximum absolute atomic E-state index is 12.9. The number of halogens is 1. The second-order valence-electron chi connectivity index (χ2n) is 6.15. The highest BCUT2D eigenvalue weighted by molar-refractivity contribution is 7.90. The number of carbonyl (C=O) groups excluding carboxylic acids is 1. The molecule has 1 aromatic heterocycles. The molecule has 0 atom stereocenters. The van der Waals surface area contributed by atoms with Crippen LogP contribution in [0.25, 0.3) is 11.5 Å². The molecule has 0 radical (unpaired) electrons. The number of nitrogens with one attached hydrogen (secondary N) is 1. The minimum Gasteiger partial charge on any atom is -0.403 e. The molecule has 0 spiro atoms. The topological polar surface area (TPSA) is 102 Å². The Bertz CT molecular complexity index is 1030. The Labute approximate surface area is 161 Å². The molecule has 0 bridgehead atoms. The third kappa shape index (κ3) is 5.71. The first-order valence-corrected chi connectivity index (χ1v) is 10.4. The second kappa shape index (κ2) is 8.75. The number of sulfone groups is 1. The predicted molar refractivity (Wildman–Crippen MR) is 101 cm³/mol. The van der Waals surface area contributed by atoms with Crippen molar-refractivity contribution in [2.75, 3.05) is 11.1 Å². The standard InChI is InChI=1S/C19H18FN3O4S/c20-16-10-8-15(9-11-16)18-22-23-19(27-18)21-17(24)7-4-12-28(25,26)13-14-5-2-1-3-6-14/h1-3,5-6,8-11H,4,7,12-13H2,(H,21,23,24). The van der Waals surface area contributed by atoms with E-state index >= 15 is 0 Å². The minimum atomic E-state index is -3.30. The van der Waals surface area contributed by atoms with E-state index in [-0.39, 0.29) is 42.1 Å². The molecule has 28 heavy (non-hydrogen) atoms. The lowest BCUT2D eigenvalue weighted by atomic mass is 10.2. The molecule has 0 saturated heterocycles. The highest BCUT2D eigenvalue weighted by Gasteiger charge is 2.15. The van der Waals surface area contributed by atoms with E-state index in [0.717, 1.165) is 0 Å².